The predicted molar refractivity (Wildman–Crippen MR) is 91.5 cm³/mol. The molecule has 0 saturated heterocycles. The van der Waals surface area contributed by atoms with Crippen LogP contribution < -0.4 is 5.32 Å². The van der Waals surface area contributed by atoms with Crippen LogP contribution in [0.3, 0.4) is 0 Å². The number of nitrogens with one attached hydrogen (secondary N) is 1. The van der Waals surface area contributed by atoms with Crippen LogP contribution >= 0.6 is 23.4 Å². The van der Waals surface area contributed by atoms with E-state index >= 15 is 0 Å². The average molecular weight is 350 g/mol. The van der Waals surface area contributed by atoms with Gasteiger partial charge in [-0.05, 0) is 30.3 Å². The van der Waals surface area contributed by atoms with Crippen molar-refractivity contribution in [3.8, 4) is 0 Å². The van der Waals surface area contributed by atoms with E-state index in [0.29, 0.717) is 5.69 Å². The van der Waals surface area contributed by atoms with Crippen molar-refractivity contribution in [1.29, 1.82) is 0 Å². The third kappa shape index (κ3) is 3.48. The zero-order chi connectivity index (χ0) is 16.4. The molecule has 1 N–H and O–H groups in total. The molecule has 23 heavy (non-hydrogen) atoms. The Balaban J connectivity index is 1.67. The molecule has 0 unspecified atom stereocenters. The number of hydrogen-bond donors (Lipinski definition) is 1. The van der Waals surface area contributed by atoms with Crippen LogP contribution in [0.15, 0.2) is 47.6 Å². The summed E-state index contributed by atoms with van der Waals surface area (Å²) in [5.41, 5.74) is 2.29. The lowest BCUT2D eigenvalue weighted by atomic mass is 10.3. The maximum atomic E-state index is 13.0. The van der Waals surface area contributed by atoms with Gasteiger partial charge in [-0.2, -0.15) is 0 Å². The molecule has 0 saturated carbocycles. The first-order chi connectivity index (χ1) is 11.0. The molecule has 3 rings (SSSR count). The Labute approximate surface area is 141 Å². The van der Waals surface area contributed by atoms with Gasteiger partial charge in [0.25, 0.3) is 0 Å². The number of benzene rings is 2. The second-order valence-electron chi connectivity index (χ2n) is 4.90. The molecule has 1 heterocycles. The van der Waals surface area contributed by atoms with Crippen molar-refractivity contribution in [2.75, 3.05) is 11.1 Å². The topological polar surface area (TPSA) is 46.9 Å². The van der Waals surface area contributed by atoms with Crippen LogP contribution in [0, 0.1) is 5.82 Å². The summed E-state index contributed by atoms with van der Waals surface area (Å²) >= 11 is 7.22. The van der Waals surface area contributed by atoms with Gasteiger partial charge >= 0.3 is 0 Å². The van der Waals surface area contributed by atoms with Gasteiger partial charge in [0.05, 0.1) is 27.5 Å². The number of halogens is 2. The van der Waals surface area contributed by atoms with E-state index in [1.54, 1.807) is 0 Å². The minimum atomic E-state index is -0.443. The van der Waals surface area contributed by atoms with E-state index in [1.807, 2.05) is 35.9 Å². The van der Waals surface area contributed by atoms with E-state index in [0.717, 1.165) is 22.3 Å². The normalized spacial score (nSPS) is 10.9. The van der Waals surface area contributed by atoms with Gasteiger partial charge in [-0.15, -0.1) is 0 Å². The molecule has 1 aromatic heterocycles. The number of para-hydroxylation sites is 2. The molecule has 0 atom stereocenters. The number of anilines is 1. The third-order valence-corrected chi connectivity index (χ3v) is 4.63. The number of amides is 1. The monoisotopic (exact) mass is 349 g/mol. The van der Waals surface area contributed by atoms with Crippen molar-refractivity contribution in [3.63, 3.8) is 0 Å². The molecule has 4 nitrogen and oxygen atoms in total. The van der Waals surface area contributed by atoms with Crippen molar-refractivity contribution < 1.29 is 9.18 Å². The fraction of sp³-hybridized carbons (Fsp3) is 0.125. The highest BCUT2D eigenvalue weighted by molar-refractivity contribution is 7.99. The fourth-order valence-electron chi connectivity index (χ4n) is 2.16. The Morgan fingerprint density at radius 3 is 2.87 bits per heavy atom. The molecule has 2 aromatic carbocycles. The van der Waals surface area contributed by atoms with Crippen molar-refractivity contribution in [3.05, 3.63) is 53.3 Å². The van der Waals surface area contributed by atoms with Crippen LogP contribution in [0.1, 0.15) is 0 Å². The number of hydrogen-bond acceptors (Lipinski definition) is 3. The number of nitrogens with zero attached hydrogens (tertiary/aromatic N) is 2. The number of thioether (sulfide) groups is 1. The van der Waals surface area contributed by atoms with Gasteiger partial charge in [-0.1, -0.05) is 35.5 Å². The zero-order valence-electron chi connectivity index (χ0n) is 12.2. The largest absolute Gasteiger partial charge is 0.324 e. The Hall–Kier alpha value is -2.05. The zero-order valence-corrected chi connectivity index (χ0v) is 13.8. The van der Waals surface area contributed by atoms with Crippen molar-refractivity contribution in [2.24, 2.45) is 7.05 Å². The van der Waals surface area contributed by atoms with Crippen molar-refractivity contribution >= 4 is 46.0 Å². The molecular formula is C16H13ClFN3OS. The highest BCUT2D eigenvalue weighted by Gasteiger charge is 2.11. The molecule has 3 aromatic rings. The first-order valence-corrected chi connectivity index (χ1v) is 8.20. The van der Waals surface area contributed by atoms with Crippen LogP contribution in [0.4, 0.5) is 10.1 Å². The molecule has 118 valence electrons. The summed E-state index contributed by atoms with van der Waals surface area (Å²) in [6.07, 6.45) is 0. The Morgan fingerprint density at radius 2 is 2.13 bits per heavy atom. The Morgan fingerprint density at radius 1 is 1.35 bits per heavy atom. The minimum absolute atomic E-state index is 0.172. The summed E-state index contributed by atoms with van der Waals surface area (Å²) in [6, 6.07) is 11.6. The summed E-state index contributed by atoms with van der Waals surface area (Å²) in [5.74, 6) is -0.483. The van der Waals surface area contributed by atoms with Crippen molar-refractivity contribution in [2.45, 2.75) is 5.16 Å². The molecule has 0 spiro atoms. The van der Waals surface area contributed by atoms with Crippen LogP contribution in [-0.4, -0.2) is 21.2 Å². The fourth-order valence-corrected chi connectivity index (χ4v) is 3.16. The second kappa shape index (κ2) is 6.60. The average Bonchev–Trinajstić information content (AvgIpc) is 2.85. The van der Waals surface area contributed by atoms with E-state index in [4.69, 9.17) is 11.6 Å². The number of carbonyl (C=O) groups is 1. The van der Waals surface area contributed by atoms with Crippen LogP contribution in [0.2, 0.25) is 5.02 Å². The highest BCUT2D eigenvalue weighted by Crippen LogP contribution is 2.25. The molecule has 0 aliphatic rings. The number of carbonyl (C=O) groups excluding carboxylic acids is 1. The van der Waals surface area contributed by atoms with Gasteiger partial charge in [0.15, 0.2) is 5.16 Å². The van der Waals surface area contributed by atoms with Crippen LogP contribution in [0.5, 0.6) is 0 Å². The van der Waals surface area contributed by atoms with Gasteiger partial charge in [0.2, 0.25) is 5.91 Å². The smallest absolute Gasteiger partial charge is 0.234 e. The third-order valence-electron chi connectivity index (χ3n) is 3.28. The standard InChI is InChI=1S/C16H13ClFN3OS/c1-21-14-5-3-2-4-13(14)20-16(21)23-9-15(22)19-12-7-6-10(18)8-11(12)17/h2-8H,9H2,1H3,(H,19,22). The van der Waals surface area contributed by atoms with E-state index in [9.17, 15) is 9.18 Å². The van der Waals surface area contributed by atoms with E-state index < -0.39 is 5.82 Å². The van der Waals surface area contributed by atoms with Gasteiger partial charge in [-0.3, -0.25) is 4.79 Å². The lowest BCUT2D eigenvalue weighted by Gasteiger charge is -2.07. The molecule has 0 fully saturated rings. The lowest BCUT2D eigenvalue weighted by molar-refractivity contribution is -0.113. The SMILES string of the molecule is Cn1c(SCC(=O)Nc2ccc(F)cc2Cl)nc2ccccc21. The summed E-state index contributed by atoms with van der Waals surface area (Å²) < 4.78 is 14.9. The number of fused-ring (bicyclic) bond motifs is 1. The van der Waals surface area contributed by atoms with Crippen LogP contribution in [0.25, 0.3) is 11.0 Å². The van der Waals surface area contributed by atoms with Crippen molar-refractivity contribution in [1.82, 2.24) is 9.55 Å². The van der Waals surface area contributed by atoms with E-state index in [1.165, 1.54) is 23.9 Å². The van der Waals surface area contributed by atoms with Crippen LogP contribution in [-0.2, 0) is 11.8 Å². The minimum Gasteiger partial charge on any atom is -0.324 e. The molecular weight excluding hydrogens is 337 g/mol. The Bertz CT molecular complexity index is 881. The van der Waals surface area contributed by atoms with E-state index in [-0.39, 0.29) is 16.7 Å². The quantitative estimate of drug-likeness (QED) is 0.721. The number of aromatic nitrogens is 2. The first kappa shape index (κ1) is 15.8. The summed E-state index contributed by atoms with van der Waals surface area (Å²) in [6.45, 7) is 0. The highest BCUT2D eigenvalue weighted by atomic mass is 35.5. The summed E-state index contributed by atoms with van der Waals surface area (Å²) in [4.78, 5) is 16.5. The van der Waals surface area contributed by atoms with Gasteiger partial charge in [-0.25, -0.2) is 9.37 Å². The van der Waals surface area contributed by atoms with Gasteiger partial charge in [0.1, 0.15) is 5.82 Å². The van der Waals surface area contributed by atoms with E-state index in [2.05, 4.69) is 10.3 Å². The lowest BCUT2D eigenvalue weighted by Crippen LogP contribution is -2.14. The number of imidazole rings is 1. The number of rotatable bonds is 4. The molecule has 0 bridgehead atoms. The molecule has 0 radical (unpaired) electrons. The maximum absolute atomic E-state index is 13.0. The first-order valence-electron chi connectivity index (χ1n) is 6.84. The molecule has 1 amide bonds. The summed E-state index contributed by atoms with van der Waals surface area (Å²) in [5, 5.41) is 3.59. The van der Waals surface area contributed by atoms with Gasteiger partial charge < -0.3 is 9.88 Å². The second-order valence-corrected chi connectivity index (χ2v) is 6.25. The van der Waals surface area contributed by atoms with Gasteiger partial charge in [0, 0.05) is 7.05 Å². The maximum Gasteiger partial charge on any atom is 0.234 e. The molecule has 7 heteroatoms. The Kier molecular flexibility index (Phi) is 4.54. The summed E-state index contributed by atoms with van der Waals surface area (Å²) in [7, 11) is 1.91. The number of aryl methyl sites for hydroxylation is 1. The molecule has 0 aliphatic carbocycles. The predicted octanol–water partition coefficient (Wildman–Crippen LogP) is 4.10. The molecule has 0 aliphatic heterocycles.